The predicted molar refractivity (Wildman–Crippen MR) is 88.0 cm³/mol. The molecule has 1 aromatic heterocycles. The van der Waals surface area contributed by atoms with Crippen molar-refractivity contribution in [2.24, 2.45) is 0 Å². The highest BCUT2D eigenvalue weighted by Gasteiger charge is 2.15. The Morgan fingerprint density at radius 3 is 2.90 bits per heavy atom. The lowest BCUT2D eigenvalue weighted by atomic mass is 9.99. The number of benzene rings is 1. The Morgan fingerprint density at radius 1 is 1.24 bits per heavy atom. The number of aryl methyl sites for hydroxylation is 2. The molecule has 1 aliphatic rings. The van der Waals surface area contributed by atoms with Gasteiger partial charge in [-0.1, -0.05) is 0 Å². The van der Waals surface area contributed by atoms with Crippen LogP contribution in [0.4, 0.5) is 11.5 Å². The van der Waals surface area contributed by atoms with Gasteiger partial charge in [-0.3, -0.25) is 0 Å². The summed E-state index contributed by atoms with van der Waals surface area (Å²) in [7, 11) is 2.16. The summed E-state index contributed by atoms with van der Waals surface area (Å²) in [5.41, 5.74) is 4.83. The van der Waals surface area contributed by atoms with E-state index in [1.54, 1.807) is 0 Å². The molecule has 0 atom stereocenters. The van der Waals surface area contributed by atoms with Crippen molar-refractivity contribution in [1.29, 1.82) is 0 Å². The largest absolute Gasteiger partial charge is 0.374 e. The van der Waals surface area contributed by atoms with E-state index in [-0.39, 0.29) is 0 Å². The van der Waals surface area contributed by atoms with E-state index < -0.39 is 0 Å². The molecule has 0 saturated heterocycles. The molecule has 0 radical (unpaired) electrons. The van der Waals surface area contributed by atoms with Crippen molar-refractivity contribution < 1.29 is 0 Å². The molecule has 4 heteroatoms. The highest BCUT2D eigenvalue weighted by atomic mass is 15.1. The average molecular weight is 282 g/mol. The second kappa shape index (κ2) is 5.72. The lowest BCUT2D eigenvalue weighted by Gasteiger charge is -2.27. The van der Waals surface area contributed by atoms with Crippen LogP contribution in [0.5, 0.6) is 0 Å². The third-order valence-electron chi connectivity index (χ3n) is 3.90. The second-order valence-electron chi connectivity index (χ2n) is 5.62. The first-order chi connectivity index (χ1) is 10.2. The molecule has 0 unspecified atom stereocenters. The second-order valence-corrected chi connectivity index (χ2v) is 5.62. The van der Waals surface area contributed by atoms with Gasteiger partial charge in [0.15, 0.2) is 5.82 Å². The molecule has 3 rings (SSSR count). The number of fused-ring (bicyclic) bond motifs is 1. The fourth-order valence-electron chi connectivity index (χ4n) is 2.89. The van der Waals surface area contributed by atoms with E-state index in [0.29, 0.717) is 0 Å². The Balaban J connectivity index is 2.00. The summed E-state index contributed by atoms with van der Waals surface area (Å²) in [5.74, 6) is 1.71. The number of nitrogens with one attached hydrogen (secondary N) is 1. The number of anilines is 2. The van der Waals surface area contributed by atoms with Crippen molar-refractivity contribution >= 4 is 11.5 Å². The summed E-state index contributed by atoms with van der Waals surface area (Å²) < 4.78 is 0. The highest BCUT2D eigenvalue weighted by molar-refractivity contribution is 5.66. The summed E-state index contributed by atoms with van der Waals surface area (Å²) in [6.07, 6.45) is 2.35. The standard InChI is InChI=1S/C17H22N4/c1-4-18-16-10-12(2)19-17(20-16)14-7-8-15-13(11-14)6-5-9-21(15)3/h7-8,10-11H,4-6,9H2,1-3H3,(H,18,19,20). The molecule has 1 N–H and O–H groups in total. The zero-order chi connectivity index (χ0) is 14.8. The first kappa shape index (κ1) is 13.9. The number of hydrogen-bond donors (Lipinski definition) is 1. The maximum absolute atomic E-state index is 4.63. The van der Waals surface area contributed by atoms with Crippen LogP contribution in [0.2, 0.25) is 0 Å². The van der Waals surface area contributed by atoms with Crippen LogP contribution in [0.15, 0.2) is 24.3 Å². The topological polar surface area (TPSA) is 41.1 Å². The van der Waals surface area contributed by atoms with Gasteiger partial charge in [0.05, 0.1) is 0 Å². The van der Waals surface area contributed by atoms with Crippen LogP contribution in [-0.4, -0.2) is 30.1 Å². The lowest BCUT2D eigenvalue weighted by Crippen LogP contribution is -2.24. The van der Waals surface area contributed by atoms with Gasteiger partial charge < -0.3 is 10.2 Å². The van der Waals surface area contributed by atoms with Crippen LogP contribution < -0.4 is 10.2 Å². The Kier molecular flexibility index (Phi) is 3.78. The Hall–Kier alpha value is -2.10. The fourth-order valence-corrected chi connectivity index (χ4v) is 2.89. The van der Waals surface area contributed by atoms with Gasteiger partial charge in [0.2, 0.25) is 0 Å². The van der Waals surface area contributed by atoms with Gasteiger partial charge in [-0.05, 0) is 50.5 Å². The van der Waals surface area contributed by atoms with Crippen LogP contribution in [0.3, 0.4) is 0 Å². The minimum Gasteiger partial charge on any atom is -0.374 e. The quantitative estimate of drug-likeness (QED) is 0.938. The van der Waals surface area contributed by atoms with Gasteiger partial charge in [0, 0.05) is 43.1 Å². The molecule has 0 bridgehead atoms. The number of rotatable bonds is 3. The van der Waals surface area contributed by atoms with E-state index in [1.807, 2.05) is 13.0 Å². The summed E-state index contributed by atoms with van der Waals surface area (Å²) in [4.78, 5) is 11.5. The highest BCUT2D eigenvalue weighted by Crippen LogP contribution is 2.30. The molecule has 1 aromatic carbocycles. The van der Waals surface area contributed by atoms with Crippen LogP contribution in [0.25, 0.3) is 11.4 Å². The van der Waals surface area contributed by atoms with Gasteiger partial charge in [0.25, 0.3) is 0 Å². The Labute approximate surface area is 126 Å². The first-order valence-corrected chi connectivity index (χ1v) is 7.61. The number of hydrogen-bond acceptors (Lipinski definition) is 4. The maximum Gasteiger partial charge on any atom is 0.161 e. The van der Waals surface area contributed by atoms with E-state index >= 15 is 0 Å². The van der Waals surface area contributed by atoms with E-state index in [4.69, 9.17) is 0 Å². The van der Waals surface area contributed by atoms with Crippen molar-refractivity contribution in [1.82, 2.24) is 9.97 Å². The molecular weight excluding hydrogens is 260 g/mol. The minimum absolute atomic E-state index is 0.807. The van der Waals surface area contributed by atoms with Crippen LogP contribution in [-0.2, 0) is 6.42 Å². The predicted octanol–water partition coefficient (Wildman–Crippen LogP) is 3.27. The zero-order valence-electron chi connectivity index (χ0n) is 13.0. The molecule has 4 nitrogen and oxygen atoms in total. The third kappa shape index (κ3) is 2.84. The molecule has 0 spiro atoms. The monoisotopic (exact) mass is 282 g/mol. The molecule has 0 saturated carbocycles. The average Bonchev–Trinajstić information content (AvgIpc) is 2.47. The van der Waals surface area contributed by atoms with E-state index in [1.165, 1.54) is 17.7 Å². The summed E-state index contributed by atoms with van der Waals surface area (Å²) in [6, 6.07) is 8.56. The van der Waals surface area contributed by atoms with Crippen molar-refractivity contribution in [3.8, 4) is 11.4 Å². The van der Waals surface area contributed by atoms with Crippen molar-refractivity contribution in [3.63, 3.8) is 0 Å². The SMILES string of the molecule is CCNc1cc(C)nc(-c2ccc3c(c2)CCCN3C)n1. The van der Waals surface area contributed by atoms with Gasteiger partial charge in [-0.25, -0.2) is 9.97 Å². The Bertz CT molecular complexity index is 651. The van der Waals surface area contributed by atoms with Crippen LogP contribution in [0.1, 0.15) is 24.6 Å². The number of aromatic nitrogens is 2. The molecule has 2 aromatic rings. The van der Waals surface area contributed by atoms with E-state index in [2.05, 4.69) is 52.4 Å². The van der Waals surface area contributed by atoms with E-state index in [9.17, 15) is 0 Å². The zero-order valence-corrected chi connectivity index (χ0v) is 13.0. The van der Waals surface area contributed by atoms with Crippen molar-refractivity contribution in [2.45, 2.75) is 26.7 Å². The Morgan fingerprint density at radius 2 is 2.10 bits per heavy atom. The molecule has 110 valence electrons. The number of nitrogens with zero attached hydrogens (tertiary/aromatic N) is 3. The minimum atomic E-state index is 0.807. The lowest BCUT2D eigenvalue weighted by molar-refractivity contribution is 0.744. The van der Waals surface area contributed by atoms with Crippen molar-refractivity contribution in [2.75, 3.05) is 30.4 Å². The molecule has 21 heavy (non-hydrogen) atoms. The molecule has 0 amide bonds. The maximum atomic E-state index is 4.63. The summed E-state index contributed by atoms with van der Waals surface area (Å²) in [5, 5.41) is 3.27. The van der Waals surface area contributed by atoms with Crippen LogP contribution >= 0.6 is 0 Å². The van der Waals surface area contributed by atoms with E-state index in [0.717, 1.165) is 42.4 Å². The molecular formula is C17H22N4. The summed E-state index contributed by atoms with van der Waals surface area (Å²) in [6.45, 7) is 6.09. The molecule has 0 aliphatic carbocycles. The molecule has 1 aliphatic heterocycles. The summed E-state index contributed by atoms with van der Waals surface area (Å²) >= 11 is 0. The fraction of sp³-hybridized carbons (Fsp3) is 0.412. The van der Waals surface area contributed by atoms with Gasteiger partial charge in [-0.2, -0.15) is 0 Å². The van der Waals surface area contributed by atoms with Gasteiger partial charge in [0.1, 0.15) is 5.82 Å². The molecule has 0 fully saturated rings. The van der Waals surface area contributed by atoms with Crippen molar-refractivity contribution in [3.05, 3.63) is 35.5 Å². The smallest absolute Gasteiger partial charge is 0.161 e. The van der Waals surface area contributed by atoms with Gasteiger partial charge in [-0.15, -0.1) is 0 Å². The molecule has 2 heterocycles. The van der Waals surface area contributed by atoms with Gasteiger partial charge >= 0.3 is 0 Å². The third-order valence-corrected chi connectivity index (χ3v) is 3.90. The normalized spacial score (nSPS) is 14.0. The van der Waals surface area contributed by atoms with Crippen LogP contribution in [0, 0.1) is 6.92 Å². The first-order valence-electron chi connectivity index (χ1n) is 7.61.